The van der Waals surface area contributed by atoms with E-state index in [2.05, 4.69) is 31.5 Å². The lowest BCUT2D eigenvalue weighted by Crippen LogP contribution is -2.21. The molecule has 0 unspecified atom stereocenters. The van der Waals surface area contributed by atoms with E-state index in [1.807, 2.05) is 16.9 Å². The van der Waals surface area contributed by atoms with Gasteiger partial charge in [-0.15, -0.1) is 12.3 Å². The molecule has 1 amide bonds. The second-order valence-electron chi connectivity index (χ2n) is 6.80. The topological polar surface area (TPSA) is 74.9 Å². The predicted octanol–water partition coefficient (Wildman–Crippen LogP) is 2.66. The zero-order valence-corrected chi connectivity index (χ0v) is 14.7. The number of aryl methyl sites for hydroxylation is 1. The van der Waals surface area contributed by atoms with Gasteiger partial charge in [0.2, 0.25) is 5.91 Å². The number of nitrogens with zero attached hydrogens (tertiary/aromatic N) is 5. The Morgan fingerprint density at radius 3 is 2.80 bits per heavy atom. The predicted molar refractivity (Wildman–Crippen MR) is 96.0 cm³/mol. The Kier molecular flexibility index (Phi) is 5.82. The summed E-state index contributed by atoms with van der Waals surface area (Å²) >= 11 is 0. The number of hydrogen-bond donors (Lipinski definition) is 1. The van der Waals surface area contributed by atoms with Crippen molar-refractivity contribution in [3.8, 4) is 12.3 Å². The highest BCUT2D eigenvalue weighted by atomic mass is 16.1. The molecule has 1 saturated heterocycles. The third kappa shape index (κ3) is 5.40. The number of likely N-dealkylation sites (tertiary alicyclic amines) is 1. The van der Waals surface area contributed by atoms with E-state index in [1.165, 1.54) is 25.9 Å². The molecule has 1 aromatic rings. The van der Waals surface area contributed by atoms with E-state index in [0.717, 1.165) is 25.9 Å². The van der Waals surface area contributed by atoms with Gasteiger partial charge in [0, 0.05) is 44.5 Å². The summed E-state index contributed by atoms with van der Waals surface area (Å²) in [6, 6.07) is 1.84. The second-order valence-corrected chi connectivity index (χ2v) is 6.80. The van der Waals surface area contributed by atoms with Crippen molar-refractivity contribution in [1.82, 2.24) is 14.7 Å². The van der Waals surface area contributed by atoms with Gasteiger partial charge in [-0.05, 0) is 38.9 Å². The zero-order chi connectivity index (χ0) is 17.5. The monoisotopic (exact) mass is 342 g/mol. The van der Waals surface area contributed by atoms with Crippen molar-refractivity contribution in [3.63, 3.8) is 0 Å². The van der Waals surface area contributed by atoms with E-state index in [-0.39, 0.29) is 5.91 Å². The van der Waals surface area contributed by atoms with Crippen molar-refractivity contribution in [3.05, 3.63) is 12.3 Å². The van der Waals surface area contributed by atoms with Crippen molar-refractivity contribution in [2.45, 2.75) is 57.2 Å². The number of amides is 1. The second kappa shape index (κ2) is 8.26. The van der Waals surface area contributed by atoms with Gasteiger partial charge in [-0.3, -0.25) is 9.48 Å². The Hall–Kier alpha value is -2.20. The SMILES string of the molecule is C#CCCC1(CCC(=O)Nc2ccn(CCCN3CCCC3)n2)N=N1. The van der Waals surface area contributed by atoms with E-state index < -0.39 is 5.66 Å². The molecule has 0 spiro atoms. The van der Waals surface area contributed by atoms with Crippen LogP contribution in [0.4, 0.5) is 5.82 Å². The van der Waals surface area contributed by atoms with E-state index in [0.29, 0.717) is 25.1 Å². The van der Waals surface area contributed by atoms with E-state index in [1.54, 1.807) is 0 Å². The lowest BCUT2D eigenvalue weighted by molar-refractivity contribution is -0.116. The highest BCUT2D eigenvalue weighted by Crippen LogP contribution is 2.37. The molecule has 7 heteroatoms. The fourth-order valence-corrected chi connectivity index (χ4v) is 3.20. The van der Waals surface area contributed by atoms with E-state index in [9.17, 15) is 4.79 Å². The molecule has 0 saturated carbocycles. The first-order chi connectivity index (χ1) is 12.2. The minimum Gasteiger partial charge on any atom is -0.309 e. The number of anilines is 1. The molecule has 2 aliphatic heterocycles. The van der Waals surface area contributed by atoms with Crippen LogP contribution in [0, 0.1) is 12.3 Å². The van der Waals surface area contributed by atoms with Crippen LogP contribution in [-0.2, 0) is 11.3 Å². The Labute approximate surface area is 148 Å². The average molecular weight is 342 g/mol. The Bertz CT molecular complexity index is 647. The van der Waals surface area contributed by atoms with Crippen LogP contribution in [0.5, 0.6) is 0 Å². The lowest BCUT2D eigenvalue weighted by atomic mass is 10.0. The molecule has 7 nitrogen and oxygen atoms in total. The van der Waals surface area contributed by atoms with Crippen LogP contribution in [0.15, 0.2) is 22.5 Å². The Morgan fingerprint density at radius 1 is 1.28 bits per heavy atom. The normalized spacial score (nSPS) is 18.2. The summed E-state index contributed by atoms with van der Waals surface area (Å²) in [5.41, 5.74) is -0.404. The van der Waals surface area contributed by atoms with Gasteiger partial charge < -0.3 is 10.2 Å². The molecule has 1 aromatic heterocycles. The summed E-state index contributed by atoms with van der Waals surface area (Å²) in [7, 11) is 0. The van der Waals surface area contributed by atoms with E-state index >= 15 is 0 Å². The van der Waals surface area contributed by atoms with Crippen LogP contribution in [0.25, 0.3) is 0 Å². The minimum atomic E-state index is -0.404. The molecular formula is C18H26N6O. The third-order valence-corrected chi connectivity index (χ3v) is 4.77. The van der Waals surface area contributed by atoms with Gasteiger partial charge >= 0.3 is 0 Å². The maximum Gasteiger partial charge on any atom is 0.225 e. The van der Waals surface area contributed by atoms with Gasteiger partial charge in [-0.2, -0.15) is 15.3 Å². The smallest absolute Gasteiger partial charge is 0.225 e. The third-order valence-electron chi connectivity index (χ3n) is 4.77. The molecular weight excluding hydrogens is 316 g/mol. The summed E-state index contributed by atoms with van der Waals surface area (Å²) in [5.74, 6) is 3.14. The molecule has 25 heavy (non-hydrogen) atoms. The fourth-order valence-electron chi connectivity index (χ4n) is 3.20. The van der Waals surface area contributed by atoms with Gasteiger partial charge in [-0.25, -0.2) is 0 Å². The number of nitrogens with one attached hydrogen (secondary N) is 1. The molecule has 1 fully saturated rings. The van der Waals surface area contributed by atoms with Crippen molar-refractivity contribution >= 4 is 11.7 Å². The highest BCUT2D eigenvalue weighted by Gasteiger charge is 2.39. The first-order valence-corrected chi connectivity index (χ1v) is 9.12. The summed E-state index contributed by atoms with van der Waals surface area (Å²) in [6.07, 6.45) is 13.2. The number of aromatic nitrogens is 2. The number of carbonyl (C=O) groups is 1. The molecule has 0 bridgehead atoms. The first kappa shape index (κ1) is 17.6. The van der Waals surface area contributed by atoms with Crippen molar-refractivity contribution < 1.29 is 4.79 Å². The lowest BCUT2D eigenvalue weighted by Gasteiger charge is -2.13. The largest absolute Gasteiger partial charge is 0.309 e. The molecule has 0 aliphatic carbocycles. The maximum absolute atomic E-state index is 12.1. The molecule has 3 rings (SSSR count). The fraction of sp³-hybridized carbons (Fsp3) is 0.667. The van der Waals surface area contributed by atoms with Gasteiger partial charge in [0.25, 0.3) is 0 Å². The van der Waals surface area contributed by atoms with Crippen LogP contribution in [0.2, 0.25) is 0 Å². The Balaban J connectivity index is 1.34. The molecule has 1 N–H and O–H groups in total. The van der Waals surface area contributed by atoms with Gasteiger partial charge in [0.05, 0.1) is 0 Å². The molecule has 134 valence electrons. The minimum absolute atomic E-state index is 0.0558. The summed E-state index contributed by atoms with van der Waals surface area (Å²) < 4.78 is 1.89. The number of rotatable bonds is 10. The van der Waals surface area contributed by atoms with Gasteiger partial charge in [0.15, 0.2) is 11.5 Å². The van der Waals surface area contributed by atoms with Crippen molar-refractivity contribution in [1.29, 1.82) is 0 Å². The molecule has 2 aliphatic rings. The van der Waals surface area contributed by atoms with Crippen LogP contribution < -0.4 is 5.32 Å². The summed E-state index contributed by atoms with van der Waals surface area (Å²) in [5, 5.41) is 15.4. The van der Waals surface area contributed by atoms with Crippen LogP contribution >= 0.6 is 0 Å². The first-order valence-electron chi connectivity index (χ1n) is 9.12. The molecule has 0 aromatic carbocycles. The zero-order valence-electron chi connectivity index (χ0n) is 14.7. The number of terminal acetylenes is 1. The number of hydrogen-bond acceptors (Lipinski definition) is 5. The van der Waals surface area contributed by atoms with Crippen LogP contribution in [0.3, 0.4) is 0 Å². The summed E-state index contributed by atoms with van der Waals surface area (Å²) in [6.45, 7) is 4.44. The molecule has 0 atom stereocenters. The Morgan fingerprint density at radius 2 is 2.08 bits per heavy atom. The number of carbonyl (C=O) groups excluding carboxylic acids is 1. The summed E-state index contributed by atoms with van der Waals surface area (Å²) in [4.78, 5) is 14.6. The quantitative estimate of drug-likeness (QED) is 0.664. The van der Waals surface area contributed by atoms with Crippen LogP contribution in [-0.4, -0.2) is 45.9 Å². The standard InChI is InChI=1S/C18H26N6O/c1-2-3-9-18(21-22-18)10-7-17(25)19-16-8-15-24(20-16)14-6-13-23-11-4-5-12-23/h1,8,15H,3-7,9-14H2,(H,19,20,25). The average Bonchev–Trinajstić information content (AvgIpc) is 2.98. The molecule has 0 radical (unpaired) electrons. The van der Waals surface area contributed by atoms with Gasteiger partial charge in [-0.1, -0.05) is 0 Å². The van der Waals surface area contributed by atoms with E-state index in [4.69, 9.17) is 6.42 Å². The highest BCUT2D eigenvalue weighted by molar-refractivity contribution is 5.89. The van der Waals surface area contributed by atoms with Crippen molar-refractivity contribution in [2.24, 2.45) is 10.2 Å². The van der Waals surface area contributed by atoms with Crippen LogP contribution in [0.1, 0.15) is 44.9 Å². The van der Waals surface area contributed by atoms with Gasteiger partial charge in [0.1, 0.15) is 0 Å². The molecule has 3 heterocycles. The van der Waals surface area contributed by atoms with Crippen molar-refractivity contribution in [2.75, 3.05) is 25.0 Å². The maximum atomic E-state index is 12.1.